The van der Waals surface area contributed by atoms with Crippen molar-refractivity contribution in [2.45, 2.75) is 6.42 Å². The van der Waals surface area contributed by atoms with Crippen molar-refractivity contribution >= 4 is 28.9 Å². The van der Waals surface area contributed by atoms with E-state index >= 15 is 0 Å². The quantitative estimate of drug-likeness (QED) is 0.850. The number of carbonyl (C=O) groups excluding carboxylic acids is 1. The van der Waals surface area contributed by atoms with Crippen LogP contribution >= 0.6 is 11.6 Å². The van der Waals surface area contributed by atoms with Crippen LogP contribution in [0.1, 0.15) is 15.9 Å². The van der Waals surface area contributed by atoms with Crippen LogP contribution < -0.4 is 11.1 Å². The van der Waals surface area contributed by atoms with Gasteiger partial charge in [0.15, 0.2) is 0 Å². The number of nitrogens with two attached hydrogens (primary N) is 1. The second kappa shape index (κ2) is 6.09. The summed E-state index contributed by atoms with van der Waals surface area (Å²) in [4.78, 5) is 12.1. The fourth-order valence-electron chi connectivity index (χ4n) is 1.72. The maximum absolute atomic E-state index is 12.1. The Bertz CT molecular complexity index is 675. The molecular formula is C15H12ClN3O. The Kier molecular flexibility index (Phi) is 4.24. The molecule has 2 aromatic carbocycles. The number of nitrogen functional groups attached to an aromatic ring is 1. The van der Waals surface area contributed by atoms with Gasteiger partial charge in [0.05, 0.1) is 28.8 Å². The molecule has 5 heteroatoms. The third kappa shape index (κ3) is 3.08. The fourth-order valence-corrected chi connectivity index (χ4v) is 1.93. The minimum Gasteiger partial charge on any atom is -0.398 e. The van der Waals surface area contributed by atoms with Gasteiger partial charge in [0.2, 0.25) is 0 Å². The summed E-state index contributed by atoms with van der Waals surface area (Å²) in [7, 11) is 0. The van der Waals surface area contributed by atoms with E-state index in [-0.39, 0.29) is 10.9 Å². The van der Waals surface area contributed by atoms with E-state index in [0.29, 0.717) is 23.4 Å². The van der Waals surface area contributed by atoms with Gasteiger partial charge in [-0.25, -0.2) is 0 Å². The molecule has 0 saturated carbocycles. The van der Waals surface area contributed by atoms with Crippen LogP contribution in [0, 0.1) is 11.3 Å². The minimum atomic E-state index is -0.324. The first-order valence-electron chi connectivity index (χ1n) is 5.93. The summed E-state index contributed by atoms with van der Waals surface area (Å²) in [6.45, 7) is 0. The van der Waals surface area contributed by atoms with Gasteiger partial charge >= 0.3 is 0 Å². The second-order valence-corrected chi connectivity index (χ2v) is 4.57. The lowest BCUT2D eigenvalue weighted by atomic mass is 10.1. The number of nitriles is 1. The number of nitrogens with one attached hydrogen (secondary N) is 1. The zero-order valence-electron chi connectivity index (χ0n) is 10.6. The number of anilines is 2. The molecule has 0 heterocycles. The normalized spacial score (nSPS) is 9.80. The molecular weight excluding hydrogens is 274 g/mol. The zero-order chi connectivity index (χ0) is 14.5. The van der Waals surface area contributed by atoms with E-state index in [0.717, 1.165) is 5.56 Å². The first kappa shape index (κ1) is 13.9. The molecule has 0 unspecified atom stereocenters. The Morgan fingerprint density at radius 3 is 2.60 bits per heavy atom. The van der Waals surface area contributed by atoms with Gasteiger partial charge in [0, 0.05) is 5.69 Å². The monoisotopic (exact) mass is 285 g/mol. The maximum atomic E-state index is 12.1. The van der Waals surface area contributed by atoms with Gasteiger partial charge in [-0.15, -0.1) is 0 Å². The molecule has 0 spiro atoms. The molecule has 20 heavy (non-hydrogen) atoms. The molecule has 2 aromatic rings. The Morgan fingerprint density at radius 1 is 1.25 bits per heavy atom. The van der Waals surface area contributed by atoms with Gasteiger partial charge in [-0.1, -0.05) is 29.8 Å². The van der Waals surface area contributed by atoms with Crippen molar-refractivity contribution in [2.75, 3.05) is 11.1 Å². The molecule has 2 rings (SSSR count). The third-order valence-electron chi connectivity index (χ3n) is 2.77. The van der Waals surface area contributed by atoms with E-state index in [1.165, 1.54) is 0 Å². The topological polar surface area (TPSA) is 78.9 Å². The molecule has 0 saturated heterocycles. The van der Waals surface area contributed by atoms with E-state index in [4.69, 9.17) is 22.6 Å². The van der Waals surface area contributed by atoms with Crippen molar-refractivity contribution in [3.05, 3.63) is 58.6 Å². The summed E-state index contributed by atoms with van der Waals surface area (Å²) >= 11 is 6.00. The molecule has 1 amide bonds. The van der Waals surface area contributed by atoms with Gasteiger partial charge < -0.3 is 11.1 Å². The largest absolute Gasteiger partial charge is 0.398 e. The molecule has 0 radical (unpaired) electrons. The van der Waals surface area contributed by atoms with Crippen LogP contribution in [0.3, 0.4) is 0 Å². The molecule has 0 atom stereocenters. The number of hydrogen-bond acceptors (Lipinski definition) is 3. The maximum Gasteiger partial charge on any atom is 0.257 e. The lowest BCUT2D eigenvalue weighted by molar-refractivity contribution is 0.102. The highest BCUT2D eigenvalue weighted by Gasteiger charge is 2.12. The third-order valence-corrected chi connectivity index (χ3v) is 3.19. The van der Waals surface area contributed by atoms with Crippen molar-refractivity contribution < 1.29 is 4.79 Å². The Balaban J connectivity index is 2.15. The zero-order valence-corrected chi connectivity index (χ0v) is 11.3. The summed E-state index contributed by atoms with van der Waals surface area (Å²) < 4.78 is 0. The highest BCUT2D eigenvalue weighted by atomic mass is 35.5. The second-order valence-electron chi connectivity index (χ2n) is 4.19. The Hall–Kier alpha value is -2.51. The average molecular weight is 286 g/mol. The summed E-state index contributed by atoms with van der Waals surface area (Å²) in [5, 5.41) is 11.6. The minimum absolute atomic E-state index is 0.242. The molecule has 4 nitrogen and oxygen atoms in total. The summed E-state index contributed by atoms with van der Waals surface area (Å²) in [5.74, 6) is -0.324. The van der Waals surface area contributed by atoms with Crippen LogP contribution in [0.25, 0.3) is 0 Å². The van der Waals surface area contributed by atoms with Gasteiger partial charge in [0.25, 0.3) is 5.91 Å². The van der Waals surface area contributed by atoms with Gasteiger partial charge in [-0.3, -0.25) is 4.79 Å². The first-order chi connectivity index (χ1) is 9.61. The standard InChI is InChI=1S/C15H12ClN3O/c16-14-12(2-1-3-13(14)18)15(20)19-11-6-4-10(5-7-11)8-9-17/h1-7H,8,18H2,(H,19,20). The van der Waals surface area contributed by atoms with Crippen LogP contribution in [0.4, 0.5) is 11.4 Å². The summed E-state index contributed by atoms with van der Waals surface area (Å²) in [5.41, 5.74) is 7.88. The van der Waals surface area contributed by atoms with E-state index in [1.807, 2.05) is 0 Å². The van der Waals surface area contributed by atoms with Crippen LogP contribution in [-0.2, 0) is 6.42 Å². The molecule has 0 aliphatic heterocycles. The predicted octanol–water partition coefficient (Wildman–Crippen LogP) is 3.24. The molecule has 0 aliphatic rings. The van der Waals surface area contributed by atoms with E-state index in [2.05, 4.69) is 11.4 Å². The number of amides is 1. The lowest BCUT2D eigenvalue weighted by Gasteiger charge is -2.08. The number of carbonyl (C=O) groups is 1. The molecule has 100 valence electrons. The van der Waals surface area contributed by atoms with E-state index in [1.54, 1.807) is 42.5 Å². The van der Waals surface area contributed by atoms with Crippen molar-refractivity contribution in [3.63, 3.8) is 0 Å². The van der Waals surface area contributed by atoms with Crippen molar-refractivity contribution in [2.24, 2.45) is 0 Å². The van der Waals surface area contributed by atoms with Crippen LogP contribution in [-0.4, -0.2) is 5.91 Å². The van der Waals surface area contributed by atoms with Crippen LogP contribution in [0.2, 0.25) is 5.02 Å². The van der Waals surface area contributed by atoms with E-state index in [9.17, 15) is 4.79 Å². The number of rotatable bonds is 3. The smallest absolute Gasteiger partial charge is 0.257 e. The number of hydrogen-bond donors (Lipinski definition) is 2. The summed E-state index contributed by atoms with van der Waals surface area (Å²) in [6, 6.07) is 14.0. The highest BCUT2D eigenvalue weighted by molar-refractivity contribution is 6.36. The van der Waals surface area contributed by atoms with Crippen molar-refractivity contribution in [1.29, 1.82) is 5.26 Å². The Morgan fingerprint density at radius 2 is 1.95 bits per heavy atom. The fraction of sp³-hybridized carbons (Fsp3) is 0.0667. The SMILES string of the molecule is N#CCc1ccc(NC(=O)c2cccc(N)c2Cl)cc1. The molecule has 0 aromatic heterocycles. The van der Waals surface area contributed by atoms with Gasteiger partial charge in [-0.2, -0.15) is 5.26 Å². The van der Waals surface area contributed by atoms with Crippen molar-refractivity contribution in [3.8, 4) is 6.07 Å². The summed E-state index contributed by atoms with van der Waals surface area (Å²) in [6.07, 6.45) is 0.343. The first-order valence-corrected chi connectivity index (χ1v) is 6.31. The Labute approximate surface area is 121 Å². The molecule has 0 aliphatic carbocycles. The van der Waals surface area contributed by atoms with Gasteiger partial charge in [-0.05, 0) is 29.8 Å². The van der Waals surface area contributed by atoms with Crippen molar-refractivity contribution in [1.82, 2.24) is 0 Å². The number of nitrogens with zero attached hydrogens (tertiary/aromatic N) is 1. The van der Waals surface area contributed by atoms with Gasteiger partial charge in [0.1, 0.15) is 0 Å². The van der Waals surface area contributed by atoms with Crippen LogP contribution in [0.5, 0.6) is 0 Å². The average Bonchev–Trinajstić information content (AvgIpc) is 2.44. The highest BCUT2D eigenvalue weighted by Crippen LogP contribution is 2.24. The van der Waals surface area contributed by atoms with E-state index < -0.39 is 0 Å². The number of halogens is 1. The predicted molar refractivity (Wildman–Crippen MR) is 79.6 cm³/mol. The number of benzene rings is 2. The molecule has 3 N–H and O–H groups in total. The van der Waals surface area contributed by atoms with Crippen LogP contribution in [0.15, 0.2) is 42.5 Å². The molecule has 0 fully saturated rings. The lowest BCUT2D eigenvalue weighted by Crippen LogP contribution is -2.13. The molecule has 0 bridgehead atoms.